The molecule has 0 atom stereocenters. The van der Waals surface area contributed by atoms with Crippen LogP contribution < -0.4 is 0 Å². The smallest absolute Gasteiger partial charge is 0.252 e. The molecule has 1 heterocycles. The molecule has 0 radical (unpaired) electrons. The van der Waals surface area contributed by atoms with Gasteiger partial charge in [-0.05, 0) is 35.9 Å². The summed E-state index contributed by atoms with van der Waals surface area (Å²) in [5.74, 6) is 0.482. The Balaban J connectivity index is 2.13. The van der Waals surface area contributed by atoms with Crippen molar-refractivity contribution in [2.75, 3.05) is 0 Å². The van der Waals surface area contributed by atoms with Crippen molar-refractivity contribution >= 4 is 27.9 Å². The molecule has 2 aromatic carbocycles. The molecule has 0 spiro atoms. The summed E-state index contributed by atoms with van der Waals surface area (Å²) in [6, 6.07) is 14.4. The fourth-order valence-electron chi connectivity index (χ4n) is 1.77. The SMILES string of the molecule is O=C(Cl)c1cccc(-c2nc3ccccc3o2)c1. The van der Waals surface area contributed by atoms with Crippen LogP contribution in [0.25, 0.3) is 22.6 Å². The molecular weight excluding hydrogens is 250 g/mol. The van der Waals surface area contributed by atoms with Gasteiger partial charge in [0.15, 0.2) is 5.58 Å². The lowest BCUT2D eigenvalue weighted by molar-refractivity contribution is 0.108. The Kier molecular flexibility index (Phi) is 2.61. The number of hydrogen-bond donors (Lipinski definition) is 0. The summed E-state index contributed by atoms with van der Waals surface area (Å²) in [6.45, 7) is 0. The highest BCUT2D eigenvalue weighted by Gasteiger charge is 2.09. The molecule has 0 aliphatic carbocycles. The first-order chi connectivity index (χ1) is 8.74. The fourth-order valence-corrected chi connectivity index (χ4v) is 1.89. The van der Waals surface area contributed by atoms with E-state index >= 15 is 0 Å². The van der Waals surface area contributed by atoms with Crippen LogP contribution >= 0.6 is 11.6 Å². The maximum atomic E-state index is 11.1. The third kappa shape index (κ3) is 1.89. The second-order valence-corrected chi connectivity index (χ2v) is 4.18. The maximum absolute atomic E-state index is 11.1. The fraction of sp³-hybridized carbons (Fsp3) is 0. The van der Waals surface area contributed by atoms with E-state index in [1.807, 2.05) is 30.3 Å². The van der Waals surface area contributed by atoms with Crippen LogP contribution in [0, 0.1) is 0 Å². The Bertz CT molecular complexity index is 700. The van der Waals surface area contributed by atoms with Gasteiger partial charge in [0.25, 0.3) is 5.24 Å². The summed E-state index contributed by atoms with van der Waals surface area (Å²) < 4.78 is 5.62. The van der Waals surface area contributed by atoms with Crippen LogP contribution in [0.4, 0.5) is 0 Å². The minimum absolute atomic E-state index is 0.427. The summed E-state index contributed by atoms with van der Waals surface area (Å²) in [4.78, 5) is 15.5. The normalized spacial score (nSPS) is 10.7. The van der Waals surface area contributed by atoms with Crippen LogP contribution in [0.5, 0.6) is 0 Å². The average molecular weight is 258 g/mol. The standard InChI is InChI=1S/C14H8ClNO2/c15-13(17)9-4-3-5-10(8-9)14-16-11-6-1-2-7-12(11)18-14/h1-8H. The van der Waals surface area contributed by atoms with Crippen molar-refractivity contribution in [3.8, 4) is 11.5 Å². The van der Waals surface area contributed by atoms with Gasteiger partial charge in [0.05, 0.1) is 0 Å². The molecule has 3 nitrogen and oxygen atoms in total. The molecule has 0 bridgehead atoms. The highest BCUT2D eigenvalue weighted by molar-refractivity contribution is 6.67. The van der Waals surface area contributed by atoms with Gasteiger partial charge in [0, 0.05) is 11.1 Å². The summed E-state index contributed by atoms with van der Waals surface area (Å²) in [7, 11) is 0. The van der Waals surface area contributed by atoms with Gasteiger partial charge >= 0.3 is 0 Å². The van der Waals surface area contributed by atoms with Gasteiger partial charge in [-0.3, -0.25) is 4.79 Å². The largest absolute Gasteiger partial charge is 0.436 e. The first-order valence-electron chi connectivity index (χ1n) is 5.40. The maximum Gasteiger partial charge on any atom is 0.252 e. The number of benzene rings is 2. The zero-order valence-electron chi connectivity index (χ0n) is 9.26. The van der Waals surface area contributed by atoms with E-state index in [2.05, 4.69) is 4.98 Å². The van der Waals surface area contributed by atoms with Crippen LogP contribution in [0.1, 0.15) is 10.4 Å². The lowest BCUT2D eigenvalue weighted by Crippen LogP contribution is -1.88. The van der Waals surface area contributed by atoms with Crippen molar-refractivity contribution in [2.24, 2.45) is 0 Å². The van der Waals surface area contributed by atoms with Gasteiger partial charge in [-0.2, -0.15) is 0 Å². The van der Waals surface area contributed by atoms with E-state index < -0.39 is 5.24 Å². The lowest BCUT2D eigenvalue weighted by Gasteiger charge is -1.97. The summed E-state index contributed by atoms with van der Waals surface area (Å²) in [5, 5.41) is -0.493. The topological polar surface area (TPSA) is 43.1 Å². The van der Waals surface area contributed by atoms with E-state index in [9.17, 15) is 4.79 Å². The number of halogens is 1. The summed E-state index contributed by atoms with van der Waals surface area (Å²) in [5.41, 5.74) is 2.67. The van der Waals surface area contributed by atoms with E-state index in [4.69, 9.17) is 16.0 Å². The first-order valence-corrected chi connectivity index (χ1v) is 5.78. The molecular formula is C14H8ClNO2. The predicted molar refractivity (Wildman–Crippen MR) is 69.6 cm³/mol. The van der Waals surface area contributed by atoms with Crippen molar-refractivity contribution in [1.82, 2.24) is 4.98 Å². The van der Waals surface area contributed by atoms with E-state index in [1.54, 1.807) is 18.2 Å². The number of oxazole rings is 1. The molecule has 4 heteroatoms. The molecule has 0 aliphatic heterocycles. The molecule has 0 fully saturated rings. The van der Waals surface area contributed by atoms with Gasteiger partial charge in [-0.15, -0.1) is 0 Å². The Morgan fingerprint density at radius 2 is 1.94 bits per heavy atom. The lowest BCUT2D eigenvalue weighted by atomic mass is 10.1. The third-order valence-electron chi connectivity index (χ3n) is 2.63. The number of nitrogens with zero attached hydrogens (tertiary/aromatic N) is 1. The molecule has 0 saturated carbocycles. The highest BCUT2D eigenvalue weighted by Crippen LogP contribution is 2.24. The summed E-state index contributed by atoms with van der Waals surface area (Å²) in [6.07, 6.45) is 0. The van der Waals surface area contributed by atoms with Crippen LogP contribution in [0.3, 0.4) is 0 Å². The monoisotopic (exact) mass is 257 g/mol. The van der Waals surface area contributed by atoms with E-state index in [0.29, 0.717) is 11.5 Å². The summed E-state index contributed by atoms with van der Waals surface area (Å²) >= 11 is 5.45. The van der Waals surface area contributed by atoms with Crippen LogP contribution in [0.2, 0.25) is 0 Å². The molecule has 0 saturated heterocycles. The van der Waals surface area contributed by atoms with Crippen molar-refractivity contribution in [2.45, 2.75) is 0 Å². The van der Waals surface area contributed by atoms with Crippen LogP contribution in [0.15, 0.2) is 52.9 Å². The van der Waals surface area contributed by atoms with E-state index in [1.165, 1.54) is 0 Å². The second kappa shape index (κ2) is 4.27. The molecule has 0 unspecified atom stereocenters. The van der Waals surface area contributed by atoms with Crippen LogP contribution in [-0.4, -0.2) is 10.2 Å². The molecule has 3 rings (SSSR count). The molecule has 0 aliphatic rings. The zero-order chi connectivity index (χ0) is 12.5. The van der Waals surface area contributed by atoms with Crippen molar-refractivity contribution in [1.29, 1.82) is 0 Å². The predicted octanol–water partition coefficient (Wildman–Crippen LogP) is 3.87. The number of carbonyl (C=O) groups is 1. The highest BCUT2D eigenvalue weighted by atomic mass is 35.5. The number of rotatable bonds is 2. The number of hydrogen-bond acceptors (Lipinski definition) is 3. The Labute approximate surface area is 108 Å². The third-order valence-corrected chi connectivity index (χ3v) is 2.85. The molecule has 88 valence electrons. The van der Waals surface area contributed by atoms with Gasteiger partial charge in [-0.25, -0.2) is 4.98 Å². The molecule has 0 N–H and O–H groups in total. The molecule has 3 aromatic rings. The Morgan fingerprint density at radius 1 is 1.11 bits per heavy atom. The Hall–Kier alpha value is -2.13. The number of carbonyl (C=O) groups excluding carboxylic acids is 1. The van der Waals surface area contributed by atoms with E-state index in [0.717, 1.165) is 16.7 Å². The van der Waals surface area contributed by atoms with Crippen molar-refractivity contribution in [3.63, 3.8) is 0 Å². The molecule has 0 amide bonds. The first kappa shape index (κ1) is 11.0. The molecule has 18 heavy (non-hydrogen) atoms. The van der Waals surface area contributed by atoms with Crippen molar-refractivity contribution < 1.29 is 9.21 Å². The number of para-hydroxylation sites is 2. The van der Waals surface area contributed by atoms with Crippen LogP contribution in [-0.2, 0) is 0 Å². The average Bonchev–Trinajstić information content (AvgIpc) is 2.82. The van der Waals surface area contributed by atoms with Gasteiger partial charge in [0.2, 0.25) is 5.89 Å². The molecule has 1 aromatic heterocycles. The Morgan fingerprint density at radius 3 is 2.72 bits per heavy atom. The van der Waals surface area contributed by atoms with Gasteiger partial charge in [-0.1, -0.05) is 24.3 Å². The second-order valence-electron chi connectivity index (χ2n) is 3.84. The van der Waals surface area contributed by atoms with Crippen molar-refractivity contribution in [3.05, 3.63) is 54.1 Å². The number of aromatic nitrogens is 1. The van der Waals surface area contributed by atoms with E-state index in [-0.39, 0.29) is 0 Å². The minimum Gasteiger partial charge on any atom is -0.436 e. The number of fused-ring (bicyclic) bond motifs is 1. The van der Waals surface area contributed by atoms with Gasteiger partial charge in [0.1, 0.15) is 5.52 Å². The van der Waals surface area contributed by atoms with Gasteiger partial charge < -0.3 is 4.42 Å². The minimum atomic E-state index is -0.493. The quantitative estimate of drug-likeness (QED) is 0.655. The zero-order valence-corrected chi connectivity index (χ0v) is 10.0.